The normalized spacial score (nSPS) is 20.8. The predicted octanol–water partition coefficient (Wildman–Crippen LogP) is -0.952. The second kappa shape index (κ2) is 10.3. The number of esters is 1. The molecule has 170 valence electrons. The van der Waals surface area contributed by atoms with Gasteiger partial charge in [-0.3, -0.25) is 24.1 Å². The zero-order chi connectivity index (χ0) is 23.3. The molecule has 1 saturated heterocycles. The van der Waals surface area contributed by atoms with E-state index in [-0.39, 0.29) is 37.3 Å². The number of hydrogen-bond donors (Lipinski definition) is 4. The van der Waals surface area contributed by atoms with Crippen molar-refractivity contribution in [3.8, 4) is 0 Å². The van der Waals surface area contributed by atoms with Crippen molar-refractivity contribution in [3.63, 3.8) is 0 Å². The Morgan fingerprint density at radius 3 is 2.45 bits per heavy atom. The number of rotatable bonds is 10. The molecule has 0 radical (unpaired) electrons. The molecule has 1 fully saturated rings. The average Bonchev–Trinajstić information content (AvgIpc) is 2.68. The Morgan fingerprint density at radius 2 is 1.90 bits per heavy atom. The van der Waals surface area contributed by atoms with Crippen LogP contribution in [0.15, 0.2) is 11.3 Å². The number of nitrogens with one attached hydrogen (secondary N) is 2. The minimum atomic E-state index is -1.33. The van der Waals surface area contributed by atoms with Crippen molar-refractivity contribution in [3.05, 3.63) is 11.3 Å². The maximum Gasteiger partial charge on any atom is 0.352 e. The number of hydrogen-bond acceptors (Lipinski definition) is 8. The van der Waals surface area contributed by atoms with Crippen LogP contribution in [0.1, 0.15) is 33.1 Å². The number of thioether (sulfide) groups is 1. The highest BCUT2D eigenvalue weighted by Crippen LogP contribution is 2.40. The fourth-order valence-corrected chi connectivity index (χ4v) is 4.53. The number of nitrogens with zero attached hydrogens (tertiary/aromatic N) is 1. The van der Waals surface area contributed by atoms with E-state index >= 15 is 0 Å². The molecule has 4 N–H and O–H groups in total. The Balaban J connectivity index is 1.93. The minimum absolute atomic E-state index is 0.0384. The average molecular weight is 457 g/mol. The number of fused-ring (bicyclic) bond motifs is 1. The molecule has 12 nitrogen and oxygen atoms in total. The first-order valence-corrected chi connectivity index (χ1v) is 10.4. The van der Waals surface area contributed by atoms with Gasteiger partial charge in [-0.2, -0.15) is 0 Å². The van der Waals surface area contributed by atoms with Crippen LogP contribution >= 0.6 is 11.8 Å². The molecule has 0 bridgehead atoms. The van der Waals surface area contributed by atoms with Crippen molar-refractivity contribution in [1.29, 1.82) is 0 Å². The molecular weight excluding hydrogens is 434 g/mol. The molecule has 13 heteroatoms. The highest BCUT2D eigenvalue weighted by molar-refractivity contribution is 8.00. The molecule has 2 aliphatic heterocycles. The highest BCUT2D eigenvalue weighted by atomic mass is 32.2. The summed E-state index contributed by atoms with van der Waals surface area (Å²) in [4.78, 5) is 70.5. The van der Waals surface area contributed by atoms with E-state index in [4.69, 9.17) is 9.84 Å². The number of aliphatic carboxylic acids is 2. The third-order valence-corrected chi connectivity index (χ3v) is 5.93. The fourth-order valence-electron chi connectivity index (χ4n) is 3.20. The number of carboxylic acids is 2. The molecule has 3 atom stereocenters. The fraction of sp³-hybridized carbons (Fsp3) is 0.556. The number of carbonyl (C=O) groups is 6. The van der Waals surface area contributed by atoms with Gasteiger partial charge in [0.25, 0.3) is 5.91 Å². The molecule has 2 aliphatic rings. The molecule has 0 spiro atoms. The van der Waals surface area contributed by atoms with Gasteiger partial charge in [0.2, 0.25) is 11.8 Å². The van der Waals surface area contributed by atoms with Gasteiger partial charge in [0, 0.05) is 31.6 Å². The molecule has 0 aliphatic carbocycles. The summed E-state index contributed by atoms with van der Waals surface area (Å²) in [5.41, 5.74) is 0.0415. The standard InChI is InChI=1S/C18H23N3O9S/c1-8(22)19-11(17(26)27)4-3-5-12(24)20-13-15(25)21-14(18(28)29)10(6-30-9(2)23)7-31-16(13)21/h11,13,16H,3-7H2,1-2H3,(H,19,22)(H,20,24)(H,26,27)(H,28,29)/t11-,13?,16-/m1/s1. The van der Waals surface area contributed by atoms with Gasteiger partial charge in [-0.05, 0) is 12.8 Å². The number of β-lactam (4-membered cyclic amide) rings is 1. The Kier molecular flexibility index (Phi) is 8.02. The second-order valence-electron chi connectivity index (χ2n) is 6.98. The van der Waals surface area contributed by atoms with Crippen LogP contribution in [0.3, 0.4) is 0 Å². The van der Waals surface area contributed by atoms with Crippen LogP contribution in [0.25, 0.3) is 0 Å². The smallest absolute Gasteiger partial charge is 0.352 e. The van der Waals surface area contributed by atoms with Crippen LogP contribution in [0.2, 0.25) is 0 Å². The van der Waals surface area contributed by atoms with E-state index in [2.05, 4.69) is 10.6 Å². The summed E-state index contributed by atoms with van der Waals surface area (Å²) in [6.07, 6.45) is 0.138. The van der Waals surface area contributed by atoms with Gasteiger partial charge in [0.05, 0.1) is 0 Å². The van der Waals surface area contributed by atoms with Crippen molar-refractivity contribution >= 4 is 47.4 Å². The van der Waals surface area contributed by atoms with Crippen LogP contribution in [-0.2, 0) is 33.5 Å². The zero-order valence-electron chi connectivity index (χ0n) is 16.9. The van der Waals surface area contributed by atoms with Crippen molar-refractivity contribution in [2.45, 2.75) is 50.6 Å². The maximum atomic E-state index is 12.5. The minimum Gasteiger partial charge on any atom is -0.480 e. The van der Waals surface area contributed by atoms with Crippen molar-refractivity contribution in [2.24, 2.45) is 0 Å². The van der Waals surface area contributed by atoms with Gasteiger partial charge in [-0.15, -0.1) is 11.8 Å². The SMILES string of the molecule is CC(=O)N[C@H](CCCC(=O)NC1C(=O)N2C(C(=O)O)=C(COC(C)=O)CS[C@H]12)C(=O)O. The largest absolute Gasteiger partial charge is 0.480 e. The summed E-state index contributed by atoms with van der Waals surface area (Å²) in [6.45, 7) is 2.14. The van der Waals surface area contributed by atoms with Crippen molar-refractivity contribution < 1.29 is 43.7 Å². The number of carboxylic acid groups (broad SMARTS) is 2. The van der Waals surface area contributed by atoms with E-state index in [1.54, 1.807) is 0 Å². The molecular formula is C18H23N3O9S. The van der Waals surface area contributed by atoms with Gasteiger partial charge >= 0.3 is 17.9 Å². The second-order valence-corrected chi connectivity index (χ2v) is 8.08. The van der Waals surface area contributed by atoms with Gasteiger partial charge in [0.15, 0.2) is 0 Å². The highest BCUT2D eigenvalue weighted by Gasteiger charge is 2.54. The summed E-state index contributed by atoms with van der Waals surface area (Å²) in [7, 11) is 0. The maximum absolute atomic E-state index is 12.5. The molecule has 2 rings (SSSR count). The number of amides is 3. The summed E-state index contributed by atoms with van der Waals surface area (Å²) < 4.78 is 4.85. The molecule has 0 aromatic heterocycles. The lowest BCUT2D eigenvalue weighted by Crippen LogP contribution is -2.70. The van der Waals surface area contributed by atoms with Crippen molar-refractivity contribution in [2.75, 3.05) is 12.4 Å². The molecule has 0 aromatic carbocycles. The topological polar surface area (TPSA) is 179 Å². The third-order valence-electron chi connectivity index (χ3n) is 4.59. The molecule has 2 heterocycles. The van der Waals surface area contributed by atoms with Gasteiger partial charge < -0.3 is 25.6 Å². The van der Waals surface area contributed by atoms with Crippen LogP contribution in [0.4, 0.5) is 0 Å². The van der Waals surface area contributed by atoms with Crippen LogP contribution < -0.4 is 10.6 Å². The van der Waals surface area contributed by atoms with E-state index in [1.807, 2.05) is 0 Å². The summed E-state index contributed by atoms with van der Waals surface area (Å²) >= 11 is 1.24. The van der Waals surface area contributed by atoms with E-state index in [0.29, 0.717) is 5.57 Å². The van der Waals surface area contributed by atoms with Gasteiger partial charge in [-0.25, -0.2) is 9.59 Å². The Morgan fingerprint density at radius 1 is 1.23 bits per heavy atom. The third kappa shape index (κ3) is 5.96. The first kappa shape index (κ1) is 24.2. The molecule has 1 unspecified atom stereocenters. The van der Waals surface area contributed by atoms with Gasteiger partial charge in [0.1, 0.15) is 29.8 Å². The first-order chi connectivity index (χ1) is 14.5. The van der Waals surface area contributed by atoms with Gasteiger partial charge in [-0.1, -0.05) is 0 Å². The van der Waals surface area contributed by atoms with E-state index in [1.165, 1.54) is 25.6 Å². The first-order valence-electron chi connectivity index (χ1n) is 9.35. The number of carbonyl (C=O) groups excluding carboxylic acids is 4. The lowest BCUT2D eigenvalue weighted by Gasteiger charge is -2.49. The molecule has 0 saturated carbocycles. The van der Waals surface area contributed by atoms with E-state index in [0.717, 1.165) is 4.90 Å². The lowest BCUT2D eigenvalue weighted by atomic mass is 10.0. The van der Waals surface area contributed by atoms with Crippen LogP contribution in [0.5, 0.6) is 0 Å². The Hall–Kier alpha value is -3.09. The monoisotopic (exact) mass is 457 g/mol. The zero-order valence-corrected chi connectivity index (χ0v) is 17.7. The van der Waals surface area contributed by atoms with E-state index in [9.17, 15) is 33.9 Å². The molecule has 0 aromatic rings. The summed E-state index contributed by atoms with van der Waals surface area (Å²) in [6, 6.07) is -2.02. The predicted molar refractivity (Wildman–Crippen MR) is 105 cm³/mol. The molecule has 31 heavy (non-hydrogen) atoms. The Labute approximate surface area is 181 Å². The molecule has 3 amide bonds. The van der Waals surface area contributed by atoms with Crippen molar-refractivity contribution in [1.82, 2.24) is 15.5 Å². The van der Waals surface area contributed by atoms with E-state index < -0.39 is 53.1 Å². The van der Waals surface area contributed by atoms with Crippen LogP contribution in [-0.4, -0.2) is 80.6 Å². The Bertz CT molecular complexity index is 841. The summed E-state index contributed by atoms with van der Waals surface area (Å²) in [5.74, 6) is -4.48. The lowest BCUT2D eigenvalue weighted by molar-refractivity contribution is -0.151. The van der Waals surface area contributed by atoms with Crippen LogP contribution in [0, 0.1) is 0 Å². The number of ether oxygens (including phenoxy) is 1. The summed E-state index contributed by atoms with van der Waals surface area (Å²) in [5, 5.41) is 22.8. The quantitative estimate of drug-likeness (QED) is 0.236.